The third-order valence-corrected chi connectivity index (χ3v) is 3.50. The van der Waals surface area contributed by atoms with Gasteiger partial charge in [-0.05, 0) is 37.3 Å². The molecule has 1 amide bonds. The summed E-state index contributed by atoms with van der Waals surface area (Å²) < 4.78 is 10.8. The number of ether oxygens (including phenoxy) is 2. The number of hydrogen-bond acceptors (Lipinski definition) is 6. The maximum Gasteiger partial charge on any atom is 0.313 e. The molecule has 136 valence electrons. The summed E-state index contributed by atoms with van der Waals surface area (Å²) in [5.74, 6) is -0.278. The topological polar surface area (TPSA) is 108 Å². The highest BCUT2D eigenvalue weighted by atomic mass is 35.5. The Morgan fingerprint density at radius 2 is 1.85 bits per heavy atom. The number of nitro groups is 1. The van der Waals surface area contributed by atoms with Gasteiger partial charge in [0.2, 0.25) is 5.75 Å². The molecule has 0 heterocycles. The Balaban J connectivity index is 2.30. The van der Waals surface area contributed by atoms with Gasteiger partial charge in [0.15, 0.2) is 11.5 Å². The number of amides is 1. The highest BCUT2D eigenvalue weighted by molar-refractivity contribution is 6.30. The number of halogens is 1. The van der Waals surface area contributed by atoms with Gasteiger partial charge in [-0.3, -0.25) is 19.7 Å². The molecule has 0 aliphatic heterocycles. The minimum Gasteiger partial charge on any atom is -0.493 e. The van der Waals surface area contributed by atoms with Crippen molar-refractivity contribution in [2.24, 2.45) is 0 Å². The number of nitro benzene ring substituents is 1. The monoisotopic (exact) mass is 378 g/mol. The van der Waals surface area contributed by atoms with E-state index in [0.717, 1.165) is 0 Å². The van der Waals surface area contributed by atoms with Crippen LogP contribution in [0.4, 0.5) is 5.69 Å². The second-order valence-electron chi connectivity index (χ2n) is 5.22. The van der Waals surface area contributed by atoms with Crippen molar-refractivity contribution >= 4 is 29.0 Å². The highest BCUT2D eigenvalue weighted by Crippen LogP contribution is 2.37. The minimum absolute atomic E-state index is 0.0218. The average Bonchev–Trinajstić information content (AvgIpc) is 2.61. The van der Waals surface area contributed by atoms with Gasteiger partial charge in [-0.2, -0.15) is 0 Å². The van der Waals surface area contributed by atoms with Crippen molar-refractivity contribution < 1.29 is 24.0 Å². The normalized spacial score (nSPS) is 10.1. The summed E-state index contributed by atoms with van der Waals surface area (Å²) in [6.07, 6.45) is 0. The summed E-state index contributed by atoms with van der Waals surface area (Å²) in [5, 5.41) is 13.8. The standard InChI is InChI=1S/C17H15ClN2O6/c1-10(21)9-19-17(22)11-3-5-15(16(7-11)25-2)26-14-6-4-12(18)8-13(14)20(23)24/h3-8H,9H2,1-2H3,(H,19,22). The first-order valence-corrected chi connectivity index (χ1v) is 7.77. The zero-order chi connectivity index (χ0) is 19.3. The van der Waals surface area contributed by atoms with E-state index in [2.05, 4.69) is 5.32 Å². The number of nitrogens with one attached hydrogen (secondary N) is 1. The molecule has 0 fully saturated rings. The lowest BCUT2D eigenvalue weighted by atomic mass is 10.2. The smallest absolute Gasteiger partial charge is 0.313 e. The Morgan fingerprint density at radius 1 is 1.15 bits per heavy atom. The third-order valence-electron chi connectivity index (χ3n) is 3.26. The van der Waals surface area contributed by atoms with Crippen molar-refractivity contribution in [2.75, 3.05) is 13.7 Å². The average molecular weight is 379 g/mol. The molecule has 0 saturated heterocycles. The fourth-order valence-electron chi connectivity index (χ4n) is 2.04. The second kappa shape index (κ2) is 8.30. The molecule has 26 heavy (non-hydrogen) atoms. The fraction of sp³-hybridized carbons (Fsp3) is 0.176. The highest BCUT2D eigenvalue weighted by Gasteiger charge is 2.19. The predicted octanol–water partition coefficient (Wildman–Crippen LogP) is 3.37. The van der Waals surface area contributed by atoms with Crippen LogP contribution in [0.5, 0.6) is 17.2 Å². The van der Waals surface area contributed by atoms with Gasteiger partial charge in [0, 0.05) is 16.7 Å². The Morgan fingerprint density at radius 3 is 2.46 bits per heavy atom. The molecule has 0 atom stereocenters. The number of ketones is 1. The van der Waals surface area contributed by atoms with Gasteiger partial charge in [-0.1, -0.05) is 11.6 Å². The molecule has 0 spiro atoms. The molecule has 2 aromatic carbocycles. The summed E-state index contributed by atoms with van der Waals surface area (Å²) in [6, 6.07) is 8.31. The second-order valence-corrected chi connectivity index (χ2v) is 5.66. The molecule has 9 heteroatoms. The van der Waals surface area contributed by atoms with Crippen molar-refractivity contribution in [3.05, 3.63) is 57.1 Å². The van der Waals surface area contributed by atoms with E-state index in [1.54, 1.807) is 0 Å². The number of carbonyl (C=O) groups excluding carboxylic acids is 2. The summed E-state index contributed by atoms with van der Waals surface area (Å²) in [4.78, 5) is 33.5. The zero-order valence-electron chi connectivity index (χ0n) is 13.9. The lowest BCUT2D eigenvalue weighted by molar-refractivity contribution is -0.385. The third kappa shape index (κ3) is 4.70. The first-order chi connectivity index (χ1) is 12.3. The minimum atomic E-state index is -0.614. The molecule has 0 bridgehead atoms. The van der Waals surface area contributed by atoms with Gasteiger partial charge in [-0.15, -0.1) is 0 Å². The molecule has 0 saturated carbocycles. The van der Waals surface area contributed by atoms with Crippen LogP contribution in [0, 0.1) is 10.1 Å². The van der Waals surface area contributed by atoms with E-state index in [4.69, 9.17) is 21.1 Å². The van der Waals surface area contributed by atoms with E-state index < -0.39 is 10.8 Å². The summed E-state index contributed by atoms with van der Waals surface area (Å²) >= 11 is 5.78. The maximum absolute atomic E-state index is 12.0. The van der Waals surface area contributed by atoms with Gasteiger partial charge < -0.3 is 14.8 Å². The number of nitrogens with zero attached hydrogens (tertiary/aromatic N) is 1. The SMILES string of the molecule is COc1cc(C(=O)NCC(C)=O)ccc1Oc1ccc(Cl)cc1[N+](=O)[O-]. The van der Waals surface area contributed by atoms with Gasteiger partial charge in [0.25, 0.3) is 5.91 Å². The molecule has 0 unspecified atom stereocenters. The van der Waals surface area contributed by atoms with Crippen LogP contribution in [0.1, 0.15) is 17.3 Å². The molecule has 8 nitrogen and oxygen atoms in total. The number of rotatable bonds is 7. The Bertz CT molecular complexity index is 868. The first-order valence-electron chi connectivity index (χ1n) is 7.39. The van der Waals surface area contributed by atoms with Gasteiger partial charge in [-0.25, -0.2) is 0 Å². The molecule has 1 N–H and O–H groups in total. The molecule has 0 radical (unpaired) electrons. The van der Waals surface area contributed by atoms with E-state index in [0.29, 0.717) is 0 Å². The summed E-state index contributed by atoms with van der Waals surface area (Å²) in [7, 11) is 1.37. The van der Waals surface area contributed by atoms with Crippen molar-refractivity contribution in [2.45, 2.75) is 6.92 Å². The number of methoxy groups -OCH3 is 1. The predicted molar refractivity (Wildman–Crippen MR) is 94.2 cm³/mol. The van der Waals surface area contributed by atoms with E-state index in [1.165, 1.54) is 50.4 Å². The summed E-state index contributed by atoms with van der Waals surface area (Å²) in [6.45, 7) is 1.27. The maximum atomic E-state index is 12.0. The fourth-order valence-corrected chi connectivity index (χ4v) is 2.20. The number of benzene rings is 2. The number of hydrogen-bond donors (Lipinski definition) is 1. The quantitative estimate of drug-likeness (QED) is 0.584. The van der Waals surface area contributed by atoms with Crippen LogP contribution in [0.15, 0.2) is 36.4 Å². The van der Waals surface area contributed by atoms with Crippen LogP contribution in [-0.4, -0.2) is 30.3 Å². The molecule has 0 aliphatic carbocycles. The van der Waals surface area contributed by atoms with Crippen molar-refractivity contribution in [3.63, 3.8) is 0 Å². The van der Waals surface area contributed by atoms with Crippen LogP contribution < -0.4 is 14.8 Å². The van der Waals surface area contributed by atoms with Crippen molar-refractivity contribution in [3.8, 4) is 17.2 Å². The van der Waals surface area contributed by atoms with Gasteiger partial charge in [0.1, 0.15) is 5.78 Å². The molecule has 2 rings (SSSR count). The number of carbonyl (C=O) groups is 2. The lowest BCUT2D eigenvalue weighted by Crippen LogP contribution is -2.28. The van der Waals surface area contributed by atoms with E-state index in [1.807, 2.05) is 0 Å². The molecule has 2 aromatic rings. The zero-order valence-corrected chi connectivity index (χ0v) is 14.7. The van der Waals surface area contributed by atoms with Crippen LogP contribution in [0.2, 0.25) is 5.02 Å². The van der Waals surface area contributed by atoms with E-state index in [9.17, 15) is 19.7 Å². The van der Waals surface area contributed by atoms with Gasteiger partial charge >= 0.3 is 5.69 Å². The first kappa shape index (κ1) is 19.2. The van der Waals surface area contributed by atoms with Crippen LogP contribution in [-0.2, 0) is 4.79 Å². The molecular weight excluding hydrogens is 364 g/mol. The molecule has 0 aliphatic rings. The Labute approximate surface area is 153 Å². The molecular formula is C17H15ClN2O6. The van der Waals surface area contributed by atoms with E-state index >= 15 is 0 Å². The largest absolute Gasteiger partial charge is 0.493 e. The van der Waals surface area contributed by atoms with Crippen LogP contribution in [0.3, 0.4) is 0 Å². The van der Waals surface area contributed by atoms with Crippen molar-refractivity contribution in [1.29, 1.82) is 0 Å². The molecule has 0 aromatic heterocycles. The van der Waals surface area contributed by atoms with E-state index in [-0.39, 0.29) is 45.9 Å². The van der Waals surface area contributed by atoms with Crippen molar-refractivity contribution in [1.82, 2.24) is 5.32 Å². The summed E-state index contributed by atoms with van der Waals surface area (Å²) in [5.41, 5.74) is -0.0520. The number of Topliss-reactive ketones (excluding diaryl/α,β-unsaturated/α-hetero) is 1. The Kier molecular flexibility index (Phi) is 6.13. The Hall–Kier alpha value is -3.13. The lowest BCUT2D eigenvalue weighted by Gasteiger charge is -2.12. The van der Waals surface area contributed by atoms with Crippen LogP contribution in [0.25, 0.3) is 0 Å². The van der Waals surface area contributed by atoms with Crippen LogP contribution >= 0.6 is 11.6 Å². The van der Waals surface area contributed by atoms with Gasteiger partial charge in [0.05, 0.1) is 18.6 Å².